The van der Waals surface area contributed by atoms with Crippen molar-refractivity contribution in [3.05, 3.63) is 0 Å². The van der Waals surface area contributed by atoms with Gasteiger partial charge in [-0.2, -0.15) is 0 Å². The second kappa shape index (κ2) is 6.74. The zero-order valence-corrected chi connectivity index (χ0v) is 10.0. The molecule has 0 aromatic carbocycles. The molecule has 94 valence electrons. The first-order chi connectivity index (χ1) is 8.11. The molecule has 0 aliphatic heterocycles. The van der Waals surface area contributed by atoms with Gasteiger partial charge >= 0.3 is 12.0 Å². The Kier molecular flexibility index (Phi) is 5.27. The van der Waals surface area contributed by atoms with E-state index in [-0.39, 0.29) is 11.6 Å². The average Bonchev–Trinajstić information content (AvgIpc) is 2.69. The van der Waals surface area contributed by atoms with Gasteiger partial charge in [-0.1, -0.05) is 22.9 Å². The molecule has 3 N–H and O–H groups in total. The van der Waals surface area contributed by atoms with E-state index < -0.39 is 18.0 Å². The summed E-state index contributed by atoms with van der Waals surface area (Å²) in [6.07, 6.45) is 1.29. The van der Waals surface area contributed by atoms with Crippen molar-refractivity contribution in [3.8, 4) is 0 Å². The molecule has 0 aliphatic carbocycles. The number of amides is 2. The van der Waals surface area contributed by atoms with Gasteiger partial charge in [0.15, 0.2) is 0 Å². The number of aliphatic carboxylic acids is 1. The second-order valence-electron chi connectivity index (χ2n) is 3.35. The fraction of sp³-hybridized carbons (Fsp3) is 0.625. The molecular weight excluding hydrogens is 246 g/mol. The highest BCUT2D eigenvalue weighted by Gasteiger charge is 2.15. The highest BCUT2D eigenvalue weighted by atomic mass is 32.1. The zero-order valence-electron chi connectivity index (χ0n) is 9.21. The van der Waals surface area contributed by atoms with Crippen LogP contribution in [0.3, 0.4) is 0 Å². The van der Waals surface area contributed by atoms with Gasteiger partial charge < -0.3 is 10.4 Å². The summed E-state index contributed by atoms with van der Waals surface area (Å²) in [4.78, 5) is 22.1. The molecule has 0 bridgehead atoms. The SMILES string of the molecule is CCCC(CC(=O)O)NC(=O)Nc1nnns1. The van der Waals surface area contributed by atoms with Gasteiger partial charge in [0.1, 0.15) is 0 Å². The molecule has 17 heavy (non-hydrogen) atoms. The highest BCUT2D eigenvalue weighted by Crippen LogP contribution is 2.06. The van der Waals surface area contributed by atoms with Gasteiger partial charge in [0.05, 0.1) is 6.42 Å². The van der Waals surface area contributed by atoms with Crippen LogP contribution in [0, 0.1) is 0 Å². The van der Waals surface area contributed by atoms with Gasteiger partial charge in [-0.25, -0.2) is 4.79 Å². The summed E-state index contributed by atoms with van der Waals surface area (Å²) in [5.41, 5.74) is 0. The van der Waals surface area contributed by atoms with E-state index in [1.54, 1.807) is 0 Å². The number of carboxylic acid groups (broad SMARTS) is 1. The van der Waals surface area contributed by atoms with E-state index in [4.69, 9.17) is 5.11 Å². The normalized spacial score (nSPS) is 11.8. The quantitative estimate of drug-likeness (QED) is 0.692. The first-order valence-electron chi connectivity index (χ1n) is 5.06. The number of nitrogens with one attached hydrogen (secondary N) is 2. The summed E-state index contributed by atoms with van der Waals surface area (Å²) in [7, 11) is 0. The Morgan fingerprint density at radius 2 is 2.29 bits per heavy atom. The Labute approximate surface area is 102 Å². The molecule has 2 amide bonds. The maximum Gasteiger partial charge on any atom is 0.321 e. The largest absolute Gasteiger partial charge is 0.481 e. The van der Waals surface area contributed by atoms with Crippen molar-refractivity contribution >= 4 is 28.7 Å². The van der Waals surface area contributed by atoms with Gasteiger partial charge in [-0.05, 0) is 11.6 Å². The third-order valence-electron chi connectivity index (χ3n) is 1.91. The van der Waals surface area contributed by atoms with Crippen LogP contribution in [0.25, 0.3) is 0 Å². The molecule has 0 fully saturated rings. The number of carbonyl (C=O) groups is 2. The third-order valence-corrected chi connectivity index (χ3v) is 2.42. The molecule has 1 aromatic rings. The summed E-state index contributed by atoms with van der Waals surface area (Å²) >= 11 is 0.945. The minimum absolute atomic E-state index is 0.102. The average molecular weight is 259 g/mol. The van der Waals surface area contributed by atoms with Crippen LogP contribution in [-0.2, 0) is 4.79 Å². The Balaban J connectivity index is 2.43. The second-order valence-corrected chi connectivity index (χ2v) is 4.08. The highest BCUT2D eigenvalue weighted by molar-refractivity contribution is 7.09. The van der Waals surface area contributed by atoms with E-state index in [9.17, 15) is 9.59 Å². The minimum Gasteiger partial charge on any atom is -0.481 e. The lowest BCUT2D eigenvalue weighted by atomic mass is 10.1. The molecule has 1 rings (SSSR count). The molecule has 9 heteroatoms. The van der Waals surface area contributed by atoms with Crippen LogP contribution >= 0.6 is 11.5 Å². The molecule has 0 aliphatic rings. The van der Waals surface area contributed by atoms with Crippen LogP contribution in [0.15, 0.2) is 0 Å². The number of carboxylic acids is 1. The lowest BCUT2D eigenvalue weighted by Crippen LogP contribution is -2.39. The molecule has 8 nitrogen and oxygen atoms in total. The maximum atomic E-state index is 11.5. The third kappa shape index (κ3) is 5.20. The van der Waals surface area contributed by atoms with Crippen LogP contribution < -0.4 is 10.6 Å². The topological polar surface area (TPSA) is 117 Å². The van der Waals surface area contributed by atoms with Crippen LogP contribution in [0.1, 0.15) is 26.2 Å². The van der Waals surface area contributed by atoms with Crippen LogP contribution in [0.2, 0.25) is 0 Å². The van der Waals surface area contributed by atoms with E-state index >= 15 is 0 Å². The molecule has 1 atom stereocenters. The number of aromatic nitrogens is 3. The Hall–Kier alpha value is -1.77. The molecule has 0 saturated carbocycles. The number of nitrogens with zero attached hydrogens (tertiary/aromatic N) is 3. The molecule has 1 aromatic heterocycles. The fourth-order valence-corrected chi connectivity index (χ4v) is 1.65. The maximum absolute atomic E-state index is 11.5. The monoisotopic (exact) mass is 259 g/mol. The van der Waals surface area contributed by atoms with Crippen molar-refractivity contribution in [1.82, 2.24) is 20.1 Å². The number of hydrogen-bond donors (Lipinski definition) is 3. The van der Waals surface area contributed by atoms with Crippen molar-refractivity contribution in [2.45, 2.75) is 32.2 Å². The first kappa shape index (κ1) is 13.3. The summed E-state index contributed by atoms with van der Waals surface area (Å²) < 4.78 is 3.48. The van der Waals surface area contributed by atoms with Crippen molar-refractivity contribution < 1.29 is 14.7 Å². The van der Waals surface area contributed by atoms with Crippen LogP contribution in [0.5, 0.6) is 0 Å². The molecule has 1 unspecified atom stereocenters. The summed E-state index contributed by atoms with van der Waals surface area (Å²) in [6.45, 7) is 1.92. The van der Waals surface area contributed by atoms with E-state index in [1.807, 2.05) is 6.92 Å². The van der Waals surface area contributed by atoms with Crippen molar-refractivity contribution in [2.24, 2.45) is 0 Å². The Bertz CT molecular complexity index is 369. The van der Waals surface area contributed by atoms with Crippen molar-refractivity contribution in [2.75, 3.05) is 5.32 Å². The van der Waals surface area contributed by atoms with Gasteiger partial charge in [0.2, 0.25) is 5.13 Å². The fourth-order valence-electron chi connectivity index (χ4n) is 1.28. The Morgan fingerprint density at radius 1 is 1.53 bits per heavy atom. The van der Waals surface area contributed by atoms with E-state index in [0.717, 1.165) is 18.0 Å². The van der Waals surface area contributed by atoms with Gasteiger partial charge in [-0.15, -0.1) is 0 Å². The number of rotatable bonds is 6. The molecule has 1 heterocycles. The number of urea groups is 1. The van der Waals surface area contributed by atoms with Gasteiger partial charge in [0, 0.05) is 17.6 Å². The van der Waals surface area contributed by atoms with Crippen molar-refractivity contribution in [3.63, 3.8) is 0 Å². The predicted molar refractivity (Wildman–Crippen MR) is 60.8 cm³/mol. The summed E-state index contributed by atoms with van der Waals surface area (Å²) in [6, 6.07) is -0.887. The molecular formula is C8H13N5O3S. The van der Waals surface area contributed by atoms with Gasteiger partial charge in [0.25, 0.3) is 0 Å². The van der Waals surface area contributed by atoms with Crippen LogP contribution in [0.4, 0.5) is 9.93 Å². The summed E-state index contributed by atoms with van der Waals surface area (Å²) in [5, 5.41) is 20.8. The van der Waals surface area contributed by atoms with Crippen molar-refractivity contribution in [1.29, 1.82) is 0 Å². The van der Waals surface area contributed by atoms with E-state index in [1.165, 1.54) is 0 Å². The number of anilines is 1. The Morgan fingerprint density at radius 3 is 2.82 bits per heavy atom. The predicted octanol–water partition coefficient (Wildman–Crippen LogP) is 0.698. The zero-order chi connectivity index (χ0) is 12.7. The van der Waals surface area contributed by atoms with Crippen LogP contribution in [-0.4, -0.2) is 37.9 Å². The summed E-state index contributed by atoms with van der Waals surface area (Å²) in [5.74, 6) is -0.943. The standard InChI is InChI=1S/C8H13N5O3S/c1-2-3-5(4-6(14)15)9-7(16)10-8-11-12-13-17-8/h5H,2-4H2,1H3,(H,14,15)(H2,9,10,11,13,16). The molecule has 0 spiro atoms. The lowest BCUT2D eigenvalue weighted by molar-refractivity contribution is -0.137. The smallest absolute Gasteiger partial charge is 0.321 e. The van der Waals surface area contributed by atoms with Gasteiger partial charge in [-0.3, -0.25) is 10.1 Å². The molecule has 0 saturated heterocycles. The first-order valence-corrected chi connectivity index (χ1v) is 5.83. The number of hydrogen-bond acceptors (Lipinski definition) is 6. The molecule has 0 radical (unpaired) electrons. The minimum atomic E-state index is -0.943. The number of carbonyl (C=O) groups excluding carboxylic acids is 1. The van der Waals surface area contributed by atoms with E-state index in [2.05, 4.69) is 25.4 Å². The lowest BCUT2D eigenvalue weighted by Gasteiger charge is -2.15. The van der Waals surface area contributed by atoms with E-state index in [0.29, 0.717) is 6.42 Å².